The third kappa shape index (κ3) is 11.6. The van der Waals surface area contributed by atoms with Crippen LogP contribution in [0, 0.1) is 11.8 Å². The molecule has 0 saturated carbocycles. The number of nitrogens with two attached hydrogens (primary N) is 2. The number of carboxylic acids is 2. The molecule has 0 spiro atoms. The first-order chi connectivity index (χ1) is 15.7. The second kappa shape index (κ2) is 14.8. The Morgan fingerprint density at radius 1 is 0.824 bits per heavy atom. The van der Waals surface area contributed by atoms with E-state index in [0.29, 0.717) is 6.42 Å². The fourth-order valence-electron chi connectivity index (χ4n) is 2.96. The average molecular weight is 488 g/mol. The van der Waals surface area contributed by atoms with Crippen LogP contribution in [0.15, 0.2) is 0 Å². The minimum Gasteiger partial charge on any atom is -0.481 e. The molecule has 0 bridgehead atoms. The third-order valence-corrected chi connectivity index (χ3v) is 5.21. The molecule has 0 aliphatic heterocycles. The highest BCUT2D eigenvalue weighted by molar-refractivity contribution is 5.95. The quantitative estimate of drug-likeness (QED) is 0.137. The van der Waals surface area contributed by atoms with Gasteiger partial charge >= 0.3 is 11.9 Å². The number of carboxylic acid groups (broad SMARTS) is 2. The number of aliphatic carboxylic acids is 2. The van der Waals surface area contributed by atoms with Gasteiger partial charge in [0.1, 0.15) is 18.1 Å². The maximum Gasteiger partial charge on any atom is 0.326 e. The average Bonchev–Trinajstić information content (AvgIpc) is 2.73. The molecule has 0 saturated heterocycles. The Morgan fingerprint density at radius 2 is 1.32 bits per heavy atom. The normalized spacial score (nSPS) is 15.4. The predicted octanol–water partition coefficient (Wildman–Crippen LogP) is -1.31. The Labute approximate surface area is 198 Å². The number of hydrogen-bond donors (Lipinski definition) is 7. The summed E-state index contributed by atoms with van der Waals surface area (Å²) in [5, 5.41) is 25.0. The standard InChI is InChI=1S/C21H37N5O8/c1-5-11(4)17(23)20(32)25-13(8-10(2)3)19(31)24-12(6-7-15(22)27)18(30)26-14(21(33)34)9-16(28)29/h10-14,17H,5-9,23H2,1-4H3,(H2,22,27)(H,24,31)(H,25,32)(H,26,30)(H,28,29)(H,33,34). The van der Waals surface area contributed by atoms with Gasteiger partial charge in [-0.3, -0.25) is 24.0 Å². The number of primary amides is 1. The molecule has 5 atom stereocenters. The van der Waals surface area contributed by atoms with Gasteiger partial charge in [0.2, 0.25) is 23.6 Å². The number of carbonyl (C=O) groups excluding carboxylic acids is 4. The summed E-state index contributed by atoms with van der Waals surface area (Å²) < 4.78 is 0. The lowest BCUT2D eigenvalue weighted by Gasteiger charge is -2.26. The molecular formula is C21H37N5O8. The molecule has 13 heteroatoms. The van der Waals surface area contributed by atoms with Crippen LogP contribution in [0.2, 0.25) is 0 Å². The molecule has 34 heavy (non-hydrogen) atoms. The zero-order chi connectivity index (χ0) is 26.6. The second-order valence-electron chi connectivity index (χ2n) is 8.67. The van der Waals surface area contributed by atoms with Crippen molar-refractivity contribution in [1.29, 1.82) is 0 Å². The summed E-state index contributed by atoms with van der Waals surface area (Å²) in [6.07, 6.45) is -0.606. The van der Waals surface area contributed by atoms with Gasteiger partial charge in [-0.05, 0) is 24.7 Å². The van der Waals surface area contributed by atoms with E-state index in [-0.39, 0.29) is 31.1 Å². The van der Waals surface area contributed by atoms with Crippen LogP contribution in [0.5, 0.6) is 0 Å². The highest BCUT2D eigenvalue weighted by Crippen LogP contribution is 2.10. The molecule has 0 aromatic carbocycles. The SMILES string of the molecule is CCC(C)C(N)C(=O)NC(CC(C)C)C(=O)NC(CCC(N)=O)C(=O)NC(CC(=O)O)C(=O)O. The van der Waals surface area contributed by atoms with E-state index in [0.717, 1.165) is 0 Å². The molecule has 0 aromatic heterocycles. The van der Waals surface area contributed by atoms with Gasteiger partial charge < -0.3 is 37.6 Å². The van der Waals surface area contributed by atoms with E-state index in [1.54, 1.807) is 6.92 Å². The molecule has 0 radical (unpaired) electrons. The van der Waals surface area contributed by atoms with Gasteiger partial charge in [0.05, 0.1) is 12.5 Å². The van der Waals surface area contributed by atoms with Gasteiger partial charge in [-0.15, -0.1) is 0 Å². The van der Waals surface area contributed by atoms with Crippen LogP contribution in [-0.2, 0) is 28.8 Å². The van der Waals surface area contributed by atoms with Crippen LogP contribution in [0.25, 0.3) is 0 Å². The van der Waals surface area contributed by atoms with E-state index in [1.165, 1.54) is 0 Å². The molecule has 194 valence electrons. The van der Waals surface area contributed by atoms with Crippen molar-refractivity contribution < 1.29 is 39.0 Å². The Balaban J connectivity index is 5.63. The van der Waals surface area contributed by atoms with Crippen molar-refractivity contribution >= 4 is 35.6 Å². The molecule has 0 heterocycles. The summed E-state index contributed by atoms with van der Waals surface area (Å²) >= 11 is 0. The molecule has 0 aromatic rings. The summed E-state index contributed by atoms with van der Waals surface area (Å²) in [6.45, 7) is 7.30. The number of carbonyl (C=O) groups is 6. The van der Waals surface area contributed by atoms with Crippen molar-refractivity contribution in [2.75, 3.05) is 0 Å². The minimum atomic E-state index is -1.75. The summed E-state index contributed by atoms with van der Waals surface area (Å²) in [5.74, 6) is -6.26. The molecule has 0 rings (SSSR count). The van der Waals surface area contributed by atoms with Crippen LogP contribution < -0.4 is 27.4 Å². The summed E-state index contributed by atoms with van der Waals surface area (Å²) in [4.78, 5) is 71.5. The van der Waals surface area contributed by atoms with Crippen molar-refractivity contribution in [1.82, 2.24) is 16.0 Å². The van der Waals surface area contributed by atoms with Gasteiger partial charge in [-0.2, -0.15) is 0 Å². The van der Waals surface area contributed by atoms with Crippen LogP contribution in [0.1, 0.15) is 59.8 Å². The molecular weight excluding hydrogens is 450 g/mol. The van der Waals surface area contributed by atoms with E-state index < -0.39 is 66.2 Å². The van der Waals surface area contributed by atoms with Gasteiger partial charge in [-0.25, -0.2) is 4.79 Å². The van der Waals surface area contributed by atoms with Crippen molar-refractivity contribution in [2.45, 2.75) is 84.0 Å². The number of hydrogen-bond acceptors (Lipinski definition) is 7. The van der Waals surface area contributed by atoms with Gasteiger partial charge in [0.25, 0.3) is 0 Å². The Hall–Kier alpha value is -3.22. The maximum atomic E-state index is 13.0. The summed E-state index contributed by atoms with van der Waals surface area (Å²) in [5.41, 5.74) is 11.1. The predicted molar refractivity (Wildman–Crippen MR) is 121 cm³/mol. The molecule has 4 amide bonds. The molecule has 9 N–H and O–H groups in total. The number of amides is 4. The lowest BCUT2D eigenvalue weighted by molar-refractivity contribution is -0.147. The highest BCUT2D eigenvalue weighted by Gasteiger charge is 2.32. The fourth-order valence-corrected chi connectivity index (χ4v) is 2.96. The second-order valence-corrected chi connectivity index (χ2v) is 8.67. The third-order valence-electron chi connectivity index (χ3n) is 5.21. The Bertz CT molecular complexity index is 757. The molecule has 13 nitrogen and oxygen atoms in total. The minimum absolute atomic E-state index is 0.0271. The van der Waals surface area contributed by atoms with Gasteiger partial charge in [-0.1, -0.05) is 34.1 Å². The van der Waals surface area contributed by atoms with Crippen molar-refractivity contribution in [2.24, 2.45) is 23.3 Å². The van der Waals surface area contributed by atoms with E-state index in [9.17, 15) is 28.8 Å². The van der Waals surface area contributed by atoms with Gasteiger partial charge in [0, 0.05) is 6.42 Å². The van der Waals surface area contributed by atoms with Gasteiger partial charge in [0.15, 0.2) is 0 Å². The maximum absolute atomic E-state index is 13.0. The molecule has 0 fully saturated rings. The lowest BCUT2D eigenvalue weighted by Crippen LogP contribution is -2.58. The molecule has 0 aliphatic carbocycles. The van der Waals surface area contributed by atoms with Crippen LogP contribution in [0.3, 0.4) is 0 Å². The van der Waals surface area contributed by atoms with E-state index >= 15 is 0 Å². The van der Waals surface area contributed by atoms with E-state index in [1.807, 2.05) is 26.1 Å². The first-order valence-corrected chi connectivity index (χ1v) is 11.1. The largest absolute Gasteiger partial charge is 0.481 e. The molecule has 0 aliphatic rings. The van der Waals surface area contributed by atoms with E-state index in [4.69, 9.17) is 21.7 Å². The van der Waals surface area contributed by atoms with Crippen molar-refractivity contribution in [3.63, 3.8) is 0 Å². The van der Waals surface area contributed by atoms with Crippen molar-refractivity contribution in [3.8, 4) is 0 Å². The zero-order valence-corrected chi connectivity index (χ0v) is 20.0. The first kappa shape index (κ1) is 30.8. The molecule has 5 unspecified atom stereocenters. The monoisotopic (exact) mass is 487 g/mol. The first-order valence-electron chi connectivity index (χ1n) is 11.1. The van der Waals surface area contributed by atoms with Crippen LogP contribution in [0.4, 0.5) is 0 Å². The zero-order valence-electron chi connectivity index (χ0n) is 20.0. The lowest BCUT2D eigenvalue weighted by atomic mass is 9.97. The smallest absolute Gasteiger partial charge is 0.326 e. The fraction of sp³-hybridized carbons (Fsp3) is 0.714. The van der Waals surface area contributed by atoms with E-state index in [2.05, 4.69) is 10.6 Å². The summed E-state index contributed by atoms with van der Waals surface area (Å²) in [6, 6.07) is -5.06. The van der Waals surface area contributed by atoms with Crippen LogP contribution in [-0.4, -0.2) is 69.9 Å². The van der Waals surface area contributed by atoms with Crippen LogP contribution >= 0.6 is 0 Å². The topological polar surface area (TPSA) is 231 Å². The number of rotatable bonds is 16. The van der Waals surface area contributed by atoms with Crippen molar-refractivity contribution in [3.05, 3.63) is 0 Å². The Morgan fingerprint density at radius 3 is 1.76 bits per heavy atom. The highest BCUT2D eigenvalue weighted by atomic mass is 16.4. The Kier molecular flexibility index (Phi) is 13.4. The summed E-state index contributed by atoms with van der Waals surface area (Å²) in [7, 11) is 0. The number of nitrogens with one attached hydrogen (secondary N) is 3.